The highest BCUT2D eigenvalue weighted by atomic mass is 16.5. The number of rotatable bonds is 2. The summed E-state index contributed by atoms with van der Waals surface area (Å²) in [5, 5.41) is 4.17. The van der Waals surface area contributed by atoms with Crippen molar-refractivity contribution in [3.05, 3.63) is 24.0 Å². The van der Waals surface area contributed by atoms with Crippen molar-refractivity contribution < 1.29 is 9.53 Å². The molecule has 0 aliphatic carbocycles. The average molecular weight is 286 g/mol. The number of anilines is 1. The number of carbonyl (C=O) groups excluding carboxylic acids is 1. The van der Waals surface area contributed by atoms with Gasteiger partial charge in [-0.15, -0.1) is 0 Å². The largest absolute Gasteiger partial charge is 0.380 e. The zero-order valence-electron chi connectivity index (χ0n) is 12.1. The molecular formula is C15H18N4O2. The number of ether oxygens (including phenoxy) is 1. The van der Waals surface area contributed by atoms with E-state index in [1.807, 2.05) is 12.3 Å². The quantitative estimate of drug-likeness (QED) is 0.784. The molecule has 4 rings (SSSR count). The van der Waals surface area contributed by atoms with Gasteiger partial charge in [-0.2, -0.15) is 5.10 Å². The first-order chi connectivity index (χ1) is 10.2. The van der Waals surface area contributed by atoms with Crippen LogP contribution in [0.15, 0.2) is 18.5 Å². The zero-order chi connectivity index (χ0) is 14.4. The van der Waals surface area contributed by atoms with Gasteiger partial charge in [-0.05, 0) is 25.8 Å². The molecule has 21 heavy (non-hydrogen) atoms. The summed E-state index contributed by atoms with van der Waals surface area (Å²) in [6.07, 6.45) is 5.77. The van der Waals surface area contributed by atoms with Crippen molar-refractivity contribution in [1.82, 2.24) is 14.6 Å². The Kier molecular flexibility index (Phi) is 2.75. The lowest BCUT2D eigenvalue weighted by molar-refractivity contribution is -0.124. The lowest BCUT2D eigenvalue weighted by atomic mass is 9.77. The molecule has 2 aliphatic rings. The Morgan fingerprint density at radius 1 is 1.33 bits per heavy atom. The van der Waals surface area contributed by atoms with Crippen LogP contribution in [-0.2, 0) is 4.74 Å². The summed E-state index contributed by atoms with van der Waals surface area (Å²) in [6, 6.07) is 1.97. The Labute approximate surface area is 122 Å². The zero-order valence-corrected chi connectivity index (χ0v) is 12.1. The van der Waals surface area contributed by atoms with Gasteiger partial charge in [0.2, 0.25) is 0 Å². The van der Waals surface area contributed by atoms with Crippen molar-refractivity contribution in [3.63, 3.8) is 0 Å². The molecule has 0 N–H and O–H groups in total. The third-order valence-electron chi connectivity index (χ3n) is 4.70. The number of nitrogens with zero attached hydrogens (tertiary/aromatic N) is 4. The van der Waals surface area contributed by atoms with E-state index in [4.69, 9.17) is 4.74 Å². The van der Waals surface area contributed by atoms with Crippen molar-refractivity contribution in [1.29, 1.82) is 0 Å². The molecule has 0 radical (unpaired) electrons. The minimum atomic E-state index is -0.00105. The molecule has 0 unspecified atom stereocenters. The Morgan fingerprint density at radius 2 is 2.10 bits per heavy atom. The van der Waals surface area contributed by atoms with Gasteiger partial charge in [0.05, 0.1) is 25.0 Å². The Hall–Kier alpha value is -1.95. The SMILES string of the molecule is CC(=O)c1cnn2ccc(N3CCC4(CC3)COC4)nc12. The van der Waals surface area contributed by atoms with Gasteiger partial charge in [-0.1, -0.05) is 0 Å². The van der Waals surface area contributed by atoms with E-state index in [9.17, 15) is 4.79 Å². The predicted octanol–water partition coefficient (Wildman–Crippen LogP) is 1.55. The third-order valence-corrected chi connectivity index (χ3v) is 4.70. The van der Waals surface area contributed by atoms with Crippen molar-refractivity contribution in [2.45, 2.75) is 19.8 Å². The molecule has 110 valence electrons. The van der Waals surface area contributed by atoms with Crippen molar-refractivity contribution >= 4 is 17.2 Å². The summed E-state index contributed by atoms with van der Waals surface area (Å²) in [7, 11) is 0. The monoisotopic (exact) mass is 286 g/mol. The standard InChI is InChI=1S/C15H18N4O2/c1-11(20)12-8-16-19-5-2-13(17-14(12)19)18-6-3-15(4-7-18)9-21-10-15/h2,5,8H,3-4,6-7,9-10H2,1H3. The van der Waals surface area contributed by atoms with E-state index in [0.29, 0.717) is 16.6 Å². The number of carbonyl (C=O) groups is 1. The van der Waals surface area contributed by atoms with Gasteiger partial charge in [0.25, 0.3) is 0 Å². The van der Waals surface area contributed by atoms with E-state index in [1.165, 1.54) is 0 Å². The number of fused-ring (bicyclic) bond motifs is 1. The van der Waals surface area contributed by atoms with E-state index in [0.717, 1.165) is 45.0 Å². The first-order valence-corrected chi connectivity index (χ1v) is 7.35. The highest BCUT2D eigenvalue weighted by Gasteiger charge is 2.41. The van der Waals surface area contributed by atoms with Gasteiger partial charge >= 0.3 is 0 Å². The summed E-state index contributed by atoms with van der Waals surface area (Å²) in [6.45, 7) is 5.35. The molecular weight excluding hydrogens is 268 g/mol. The predicted molar refractivity (Wildman–Crippen MR) is 77.7 cm³/mol. The highest BCUT2D eigenvalue weighted by Crippen LogP contribution is 2.39. The Bertz CT molecular complexity index is 695. The molecule has 0 amide bonds. The van der Waals surface area contributed by atoms with Crippen molar-refractivity contribution in [3.8, 4) is 0 Å². The molecule has 6 heteroatoms. The van der Waals surface area contributed by atoms with Crippen LogP contribution in [0.3, 0.4) is 0 Å². The fourth-order valence-electron chi connectivity index (χ4n) is 3.17. The van der Waals surface area contributed by atoms with Crippen LogP contribution in [0.25, 0.3) is 5.65 Å². The van der Waals surface area contributed by atoms with E-state index in [1.54, 1.807) is 17.6 Å². The Morgan fingerprint density at radius 3 is 2.71 bits per heavy atom. The van der Waals surface area contributed by atoms with Gasteiger partial charge in [0.1, 0.15) is 5.82 Å². The fraction of sp³-hybridized carbons (Fsp3) is 0.533. The van der Waals surface area contributed by atoms with Crippen LogP contribution in [0.4, 0.5) is 5.82 Å². The molecule has 0 atom stereocenters. The van der Waals surface area contributed by atoms with Crippen LogP contribution in [0.5, 0.6) is 0 Å². The smallest absolute Gasteiger partial charge is 0.168 e. The number of hydrogen-bond donors (Lipinski definition) is 0. The summed E-state index contributed by atoms with van der Waals surface area (Å²) < 4.78 is 7.02. The van der Waals surface area contributed by atoms with Crippen LogP contribution in [0, 0.1) is 5.41 Å². The summed E-state index contributed by atoms with van der Waals surface area (Å²) in [5.41, 5.74) is 1.65. The molecule has 2 saturated heterocycles. The first-order valence-electron chi connectivity index (χ1n) is 7.35. The van der Waals surface area contributed by atoms with Crippen LogP contribution in [0.1, 0.15) is 30.1 Å². The van der Waals surface area contributed by atoms with Crippen LogP contribution in [0.2, 0.25) is 0 Å². The van der Waals surface area contributed by atoms with Crippen molar-refractivity contribution in [2.24, 2.45) is 5.41 Å². The maximum atomic E-state index is 11.6. The molecule has 2 aliphatic heterocycles. The molecule has 6 nitrogen and oxygen atoms in total. The van der Waals surface area contributed by atoms with E-state index in [2.05, 4.69) is 15.0 Å². The second-order valence-corrected chi connectivity index (χ2v) is 6.15. The number of ketones is 1. The lowest BCUT2D eigenvalue weighted by Gasteiger charge is -2.47. The van der Waals surface area contributed by atoms with Gasteiger partial charge in [0.15, 0.2) is 11.4 Å². The number of Topliss-reactive ketones (excluding diaryl/α,β-unsaturated/α-hetero) is 1. The molecule has 0 saturated carbocycles. The third kappa shape index (κ3) is 2.01. The van der Waals surface area contributed by atoms with Gasteiger partial charge in [-0.3, -0.25) is 4.79 Å². The number of hydrogen-bond acceptors (Lipinski definition) is 5. The fourth-order valence-corrected chi connectivity index (χ4v) is 3.17. The summed E-state index contributed by atoms with van der Waals surface area (Å²) in [5.74, 6) is 0.930. The molecule has 2 aromatic heterocycles. The van der Waals surface area contributed by atoms with E-state index in [-0.39, 0.29) is 5.78 Å². The average Bonchev–Trinajstić information content (AvgIpc) is 2.89. The normalized spacial score (nSPS) is 20.7. The topological polar surface area (TPSA) is 59.7 Å². The maximum Gasteiger partial charge on any atom is 0.168 e. The highest BCUT2D eigenvalue weighted by molar-refractivity contribution is 5.99. The van der Waals surface area contributed by atoms with Gasteiger partial charge in [-0.25, -0.2) is 9.50 Å². The molecule has 0 bridgehead atoms. The van der Waals surface area contributed by atoms with Gasteiger partial charge < -0.3 is 9.64 Å². The summed E-state index contributed by atoms with van der Waals surface area (Å²) in [4.78, 5) is 18.6. The van der Waals surface area contributed by atoms with E-state index >= 15 is 0 Å². The maximum absolute atomic E-state index is 11.6. The second kappa shape index (κ2) is 4.53. The van der Waals surface area contributed by atoms with Crippen LogP contribution < -0.4 is 4.90 Å². The van der Waals surface area contributed by atoms with Crippen LogP contribution >= 0.6 is 0 Å². The number of aromatic nitrogens is 3. The summed E-state index contributed by atoms with van der Waals surface area (Å²) >= 11 is 0. The number of piperidine rings is 1. The van der Waals surface area contributed by atoms with Crippen LogP contribution in [-0.4, -0.2) is 46.7 Å². The van der Waals surface area contributed by atoms with Crippen molar-refractivity contribution in [2.75, 3.05) is 31.2 Å². The second-order valence-electron chi connectivity index (χ2n) is 6.15. The minimum Gasteiger partial charge on any atom is -0.380 e. The van der Waals surface area contributed by atoms with Gasteiger partial charge in [0, 0.05) is 24.7 Å². The van der Waals surface area contributed by atoms with E-state index < -0.39 is 0 Å². The molecule has 1 spiro atoms. The molecule has 4 heterocycles. The Balaban J connectivity index is 1.61. The molecule has 2 aromatic rings. The molecule has 0 aromatic carbocycles. The lowest BCUT2D eigenvalue weighted by Crippen LogP contribution is -2.51. The minimum absolute atomic E-state index is 0.00105. The first kappa shape index (κ1) is 12.8. The molecule has 2 fully saturated rings.